The van der Waals surface area contributed by atoms with Crippen LogP contribution in [0.1, 0.15) is 36.2 Å². The molecular weight excluding hydrogens is 380 g/mol. The van der Waals surface area contributed by atoms with Gasteiger partial charge in [0.05, 0.1) is 18.3 Å². The standard InChI is InChI=1S/C21H23ClN2O2S/c1-13(2)9-19(25)15-5-8-20-18(10-15)24(21(26)17(23)12-27-20)11-14-3-6-16(22)7-4-14/h3-8,10,13,17H,9,11-12,23H2,1-2H3/t17-/m0/s1. The molecule has 0 spiro atoms. The Kier molecular flexibility index (Phi) is 6.25. The van der Waals surface area contributed by atoms with E-state index < -0.39 is 6.04 Å². The van der Waals surface area contributed by atoms with Crippen molar-refractivity contribution in [3.8, 4) is 0 Å². The number of amides is 1. The predicted octanol–water partition coefficient (Wildman–Crippen LogP) is 4.54. The molecule has 27 heavy (non-hydrogen) atoms. The molecular formula is C21H23ClN2O2S. The second kappa shape index (κ2) is 8.46. The van der Waals surface area contributed by atoms with Gasteiger partial charge in [0.2, 0.25) is 5.91 Å². The Morgan fingerprint density at radius 2 is 1.96 bits per heavy atom. The van der Waals surface area contributed by atoms with Crippen molar-refractivity contribution in [2.45, 2.75) is 37.8 Å². The van der Waals surface area contributed by atoms with E-state index in [2.05, 4.69) is 0 Å². The topological polar surface area (TPSA) is 63.4 Å². The van der Waals surface area contributed by atoms with Gasteiger partial charge in [-0.1, -0.05) is 43.6 Å². The summed E-state index contributed by atoms with van der Waals surface area (Å²) in [4.78, 5) is 28.1. The van der Waals surface area contributed by atoms with Gasteiger partial charge in [-0.15, -0.1) is 11.8 Å². The van der Waals surface area contributed by atoms with Gasteiger partial charge in [-0.05, 0) is 35.7 Å². The number of Topliss-reactive ketones (excluding diaryl/α,β-unsaturated/α-hetero) is 1. The normalized spacial score (nSPS) is 17.0. The number of ketones is 1. The first-order valence-electron chi connectivity index (χ1n) is 8.96. The molecule has 1 atom stereocenters. The Morgan fingerprint density at radius 3 is 2.63 bits per heavy atom. The molecule has 2 aromatic rings. The molecule has 2 aromatic carbocycles. The number of halogens is 1. The first-order chi connectivity index (χ1) is 12.8. The van der Waals surface area contributed by atoms with E-state index in [4.69, 9.17) is 17.3 Å². The minimum Gasteiger partial charge on any atom is -0.319 e. The number of hydrogen-bond acceptors (Lipinski definition) is 4. The Balaban J connectivity index is 1.99. The Labute approximate surface area is 169 Å². The fourth-order valence-corrected chi connectivity index (χ4v) is 4.13. The lowest BCUT2D eigenvalue weighted by molar-refractivity contribution is -0.119. The fourth-order valence-electron chi connectivity index (χ4n) is 3.02. The maximum atomic E-state index is 12.9. The summed E-state index contributed by atoms with van der Waals surface area (Å²) in [7, 11) is 0. The molecule has 0 unspecified atom stereocenters. The van der Waals surface area contributed by atoms with Crippen LogP contribution >= 0.6 is 23.4 Å². The lowest BCUT2D eigenvalue weighted by atomic mass is 10.0. The van der Waals surface area contributed by atoms with Crippen molar-refractivity contribution >= 4 is 40.7 Å². The van der Waals surface area contributed by atoms with Crippen LogP contribution in [0.4, 0.5) is 5.69 Å². The van der Waals surface area contributed by atoms with Gasteiger partial charge in [0, 0.05) is 27.7 Å². The van der Waals surface area contributed by atoms with Gasteiger partial charge in [0.1, 0.15) is 0 Å². The number of nitrogens with two attached hydrogens (primary N) is 1. The average Bonchev–Trinajstić information content (AvgIpc) is 2.74. The minimum atomic E-state index is -0.579. The monoisotopic (exact) mass is 402 g/mol. The second-order valence-electron chi connectivity index (χ2n) is 7.17. The molecule has 0 bridgehead atoms. The summed E-state index contributed by atoms with van der Waals surface area (Å²) in [5.74, 6) is 0.753. The molecule has 1 heterocycles. The Morgan fingerprint density at radius 1 is 1.26 bits per heavy atom. The lowest BCUT2D eigenvalue weighted by Gasteiger charge is -2.25. The smallest absolute Gasteiger partial charge is 0.245 e. The van der Waals surface area contributed by atoms with Crippen molar-refractivity contribution < 1.29 is 9.59 Å². The van der Waals surface area contributed by atoms with Crippen LogP contribution in [-0.4, -0.2) is 23.5 Å². The van der Waals surface area contributed by atoms with E-state index in [-0.39, 0.29) is 17.6 Å². The van der Waals surface area contributed by atoms with Crippen LogP contribution in [0.3, 0.4) is 0 Å². The molecule has 142 valence electrons. The van der Waals surface area contributed by atoms with E-state index in [1.807, 2.05) is 44.2 Å². The number of anilines is 1. The number of rotatable bonds is 5. The van der Waals surface area contributed by atoms with E-state index in [1.165, 1.54) is 0 Å². The van der Waals surface area contributed by atoms with Crippen LogP contribution in [-0.2, 0) is 11.3 Å². The van der Waals surface area contributed by atoms with Gasteiger partial charge in [-0.2, -0.15) is 0 Å². The highest BCUT2D eigenvalue weighted by molar-refractivity contribution is 7.99. The van der Waals surface area contributed by atoms with Crippen LogP contribution in [0, 0.1) is 5.92 Å². The quantitative estimate of drug-likeness (QED) is 0.746. The van der Waals surface area contributed by atoms with Gasteiger partial charge < -0.3 is 10.6 Å². The molecule has 1 aliphatic heterocycles. The number of nitrogens with zero attached hydrogens (tertiary/aromatic N) is 1. The number of fused-ring (bicyclic) bond motifs is 1. The van der Waals surface area contributed by atoms with Gasteiger partial charge in [0.25, 0.3) is 0 Å². The summed E-state index contributed by atoms with van der Waals surface area (Å²) in [6.07, 6.45) is 0.483. The molecule has 0 radical (unpaired) electrons. The predicted molar refractivity (Wildman–Crippen MR) is 112 cm³/mol. The lowest BCUT2D eigenvalue weighted by Crippen LogP contribution is -2.44. The number of thioether (sulfide) groups is 1. The zero-order chi connectivity index (χ0) is 19.6. The van der Waals surface area contributed by atoms with Gasteiger partial charge in [0.15, 0.2) is 5.78 Å². The van der Waals surface area contributed by atoms with E-state index in [1.54, 1.807) is 28.8 Å². The molecule has 0 fully saturated rings. The molecule has 6 heteroatoms. The third-order valence-corrected chi connectivity index (χ3v) is 5.85. The number of benzene rings is 2. The van der Waals surface area contributed by atoms with Crippen molar-refractivity contribution in [3.63, 3.8) is 0 Å². The molecule has 2 N–H and O–H groups in total. The molecule has 1 amide bonds. The Bertz CT molecular complexity index is 852. The molecule has 4 nitrogen and oxygen atoms in total. The van der Waals surface area contributed by atoms with E-state index >= 15 is 0 Å². The second-order valence-corrected chi connectivity index (χ2v) is 8.67. The van der Waals surface area contributed by atoms with Gasteiger partial charge >= 0.3 is 0 Å². The summed E-state index contributed by atoms with van der Waals surface area (Å²) in [6.45, 7) is 4.43. The van der Waals surface area contributed by atoms with Crippen molar-refractivity contribution in [2.24, 2.45) is 11.7 Å². The first kappa shape index (κ1) is 19.9. The van der Waals surface area contributed by atoms with Crippen molar-refractivity contribution in [1.82, 2.24) is 0 Å². The Hall–Kier alpha value is -1.82. The maximum Gasteiger partial charge on any atom is 0.245 e. The molecule has 1 aliphatic rings. The highest BCUT2D eigenvalue weighted by Crippen LogP contribution is 2.36. The SMILES string of the molecule is CC(C)CC(=O)c1ccc2c(c1)N(Cc1ccc(Cl)cc1)C(=O)[C@@H](N)CS2. The number of carbonyl (C=O) groups excluding carboxylic acids is 2. The third kappa shape index (κ3) is 4.72. The highest BCUT2D eigenvalue weighted by Gasteiger charge is 2.29. The van der Waals surface area contributed by atoms with Crippen LogP contribution in [0.2, 0.25) is 5.02 Å². The van der Waals surface area contributed by atoms with Crippen LogP contribution in [0.15, 0.2) is 47.4 Å². The number of hydrogen-bond donors (Lipinski definition) is 1. The van der Waals surface area contributed by atoms with Crippen molar-refractivity contribution in [3.05, 3.63) is 58.6 Å². The first-order valence-corrected chi connectivity index (χ1v) is 10.3. The largest absolute Gasteiger partial charge is 0.319 e. The summed E-state index contributed by atoms with van der Waals surface area (Å²) >= 11 is 7.52. The van der Waals surface area contributed by atoms with E-state index in [0.29, 0.717) is 29.3 Å². The van der Waals surface area contributed by atoms with E-state index in [0.717, 1.165) is 16.1 Å². The number of carbonyl (C=O) groups is 2. The maximum absolute atomic E-state index is 12.9. The van der Waals surface area contributed by atoms with Crippen LogP contribution in [0.5, 0.6) is 0 Å². The third-order valence-electron chi connectivity index (χ3n) is 4.42. The summed E-state index contributed by atoms with van der Waals surface area (Å²) in [5.41, 5.74) is 8.43. The fraction of sp³-hybridized carbons (Fsp3) is 0.333. The zero-order valence-corrected chi connectivity index (χ0v) is 17.0. The molecule has 0 aliphatic carbocycles. The van der Waals surface area contributed by atoms with Crippen molar-refractivity contribution in [1.29, 1.82) is 0 Å². The molecule has 3 rings (SSSR count). The van der Waals surface area contributed by atoms with Crippen LogP contribution in [0.25, 0.3) is 0 Å². The van der Waals surface area contributed by atoms with Crippen molar-refractivity contribution in [2.75, 3.05) is 10.7 Å². The molecule has 0 aromatic heterocycles. The zero-order valence-electron chi connectivity index (χ0n) is 15.4. The van der Waals surface area contributed by atoms with Crippen LogP contribution < -0.4 is 10.6 Å². The van der Waals surface area contributed by atoms with Gasteiger partial charge in [-0.25, -0.2) is 0 Å². The summed E-state index contributed by atoms with van der Waals surface area (Å²) in [6, 6.07) is 12.4. The molecule has 0 saturated heterocycles. The van der Waals surface area contributed by atoms with E-state index in [9.17, 15) is 9.59 Å². The molecule has 0 saturated carbocycles. The van der Waals surface area contributed by atoms with Gasteiger partial charge in [-0.3, -0.25) is 9.59 Å². The minimum absolute atomic E-state index is 0.0882. The average molecular weight is 403 g/mol. The summed E-state index contributed by atoms with van der Waals surface area (Å²) < 4.78 is 0. The highest BCUT2D eigenvalue weighted by atomic mass is 35.5. The summed E-state index contributed by atoms with van der Waals surface area (Å²) in [5, 5.41) is 0.648.